The molecule has 1 aromatic carbocycles. The van der Waals surface area contributed by atoms with E-state index >= 15 is 0 Å². The Labute approximate surface area is 76.7 Å². The van der Waals surface area contributed by atoms with E-state index in [9.17, 15) is 9.18 Å². The van der Waals surface area contributed by atoms with Crippen molar-refractivity contribution in [3.05, 3.63) is 30.1 Å². The molecule has 0 amide bonds. The van der Waals surface area contributed by atoms with Gasteiger partial charge in [0.2, 0.25) is 7.55 Å². The molecule has 13 heavy (non-hydrogen) atoms. The lowest BCUT2D eigenvalue weighted by Crippen LogP contribution is -1.99. The van der Waals surface area contributed by atoms with Crippen molar-refractivity contribution in [2.24, 2.45) is 0 Å². The van der Waals surface area contributed by atoms with E-state index in [0.29, 0.717) is 5.75 Å². The normalized spacial score (nSPS) is 10.8. The molecule has 0 saturated heterocycles. The van der Waals surface area contributed by atoms with E-state index in [4.69, 9.17) is 4.74 Å². The van der Waals surface area contributed by atoms with Crippen LogP contribution in [0.25, 0.3) is 0 Å². The molecule has 0 aliphatic carbocycles. The molecule has 1 atom stereocenters. The average molecular weight is 199 g/mol. The zero-order valence-corrected chi connectivity index (χ0v) is 8.05. The number of halogens is 1. The van der Waals surface area contributed by atoms with Crippen LogP contribution < -0.4 is 4.74 Å². The van der Waals surface area contributed by atoms with Crippen molar-refractivity contribution >= 4 is 19.6 Å². The van der Waals surface area contributed by atoms with Crippen molar-refractivity contribution < 1.29 is 13.9 Å². The first-order chi connectivity index (χ1) is 6.09. The minimum Gasteiger partial charge on any atom is -0.391 e. The van der Waals surface area contributed by atoms with Gasteiger partial charge in [-0.3, -0.25) is 0 Å². The van der Waals surface area contributed by atoms with Crippen molar-refractivity contribution in [1.29, 1.82) is 0 Å². The molecule has 0 fully saturated rings. The molecule has 0 aliphatic rings. The van der Waals surface area contributed by atoms with Crippen LogP contribution in [0.1, 0.15) is 0 Å². The average Bonchev–Trinajstić information content (AvgIpc) is 2.08. The third-order valence-electron chi connectivity index (χ3n) is 1.33. The number of hydrogen-bond acceptors (Lipinski definition) is 2. The second kappa shape index (κ2) is 4.15. The molecule has 0 heterocycles. The van der Waals surface area contributed by atoms with Gasteiger partial charge in [0.05, 0.1) is 6.30 Å². The lowest BCUT2D eigenvalue weighted by Gasteiger charge is -1.97. The zero-order valence-electron chi connectivity index (χ0n) is 7.16. The van der Waals surface area contributed by atoms with Crippen LogP contribution in [0, 0.1) is 5.82 Å². The third-order valence-corrected chi connectivity index (χ3v) is 2.05. The van der Waals surface area contributed by atoms with E-state index in [0.717, 1.165) is 0 Å². The van der Waals surface area contributed by atoms with E-state index in [-0.39, 0.29) is 11.5 Å². The number of carbonyl (C=O) groups is 1. The Hall–Kier alpha value is -1.21. The van der Waals surface area contributed by atoms with E-state index in [1.54, 1.807) is 6.66 Å². The highest BCUT2D eigenvalue weighted by molar-refractivity contribution is 7.71. The predicted molar refractivity (Wildman–Crippen MR) is 52.4 cm³/mol. The highest BCUT2D eigenvalue weighted by Crippen LogP contribution is 2.20. The monoisotopic (exact) mass is 199 g/mol. The summed E-state index contributed by atoms with van der Waals surface area (Å²) >= 11 is 0. The van der Waals surface area contributed by atoms with Gasteiger partial charge in [-0.15, -0.1) is 0 Å². The van der Waals surface area contributed by atoms with Crippen LogP contribution in [0.15, 0.2) is 24.3 Å². The maximum absolute atomic E-state index is 12.4. The van der Waals surface area contributed by atoms with Gasteiger partial charge >= 0.3 is 5.71 Å². The molecule has 0 radical (unpaired) electrons. The van der Waals surface area contributed by atoms with Crippen molar-refractivity contribution in [1.82, 2.24) is 0 Å². The Morgan fingerprint density at radius 2 is 2.00 bits per heavy atom. The maximum atomic E-state index is 12.4. The molecule has 0 bridgehead atoms. The first-order valence-electron chi connectivity index (χ1n) is 3.61. The van der Waals surface area contributed by atoms with Gasteiger partial charge in [-0.2, -0.15) is 4.79 Å². The minimum atomic E-state index is -0.998. The molecule has 68 valence electrons. The lowest BCUT2D eigenvalue weighted by atomic mass is 10.3. The fourth-order valence-corrected chi connectivity index (χ4v) is 0.943. The van der Waals surface area contributed by atoms with Gasteiger partial charge in [0.1, 0.15) is 18.2 Å². The largest absolute Gasteiger partial charge is 0.515 e. The zero-order chi connectivity index (χ0) is 9.84. The van der Waals surface area contributed by atoms with E-state index in [1.807, 2.05) is 0 Å². The van der Waals surface area contributed by atoms with Gasteiger partial charge < -0.3 is 4.74 Å². The summed E-state index contributed by atoms with van der Waals surface area (Å²) in [6.45, 7) is 1.70. The quantitative estimate of drug-likeness (QED) is 0.684. The van der Waals surface area contributed by atoms with Crippen LogP contribution in [-0.4, -0.2) is 18.7 Å². The molecular weight excluding hydrogens is 190 g/mol. The highest BCUT2D eigenvalue weighted by Gasteiger charge is 2.15. The second-order valence-electron chi connectivity index (χ2n) is 2.52. The molecule has 0 aliphatic heterocycles. The Morgan fingerprint density at radius 3 is 2.46 bits per heavy atom. The molecular formula is C9H9FO2P+. The van der Waals surface area contributed by atoms with Crippen LogP contribution in [0.2, 0.25) is 0 Å². The fraction of sp³-hybridized carbons (Fsp3) is 0.111. The van der Waals surface area contributed by atoms with E-state index in [2.05, 4.69) is 6.30 Å². The summed E-state index contributed by atoms with van der Waals surface area (Å²) in [5.74, 6) is -0.00224. The molecule has 0 N–H and O–H groups in total. The summed E-state index contributed by atoms with van der Waals surface area (Å²) in [4.78, 5) is 11.0. The van der Waals surface area contributed by atoms with E-state index in [1.165, 1.54) is 24.3 Å². The number of hydrogen-bond donors (Lipinski definition) is 0. The van der Waals surface area contributed by atoms with Crippen molar-refractivity contribution in [2.75, 3.05) is 6.66 Å². The van der Waals surface area contributed by atoms with Crippen LogP contribution in [0.4, 0.5) is 9.18 Å². The van der Waals surface area contributed by atoms with Crippen LogP contribution >= 0.6 is 7.55 Å². The van der Waals surface area contributed by atoms with Gasteiger partial charge in [0.15, 0.2) is 0 Å². The molecule has 1 aromatic rings. The van der Waals surface area contributed by atoms with Crippen LogP contribution in [0.5, 0.6) is 5.75 Å². The predicted octanol–water partition coefficient (Wildman–Crippen LogP) is 2.87. The SMILES string of the molecule is C=[P+](C)C(=O)Oc1ccc(F)cc1. The Kier molecular flexibility index (Phi) is 3.15. The number of ether oxygens (including phenoxy) is 1. The summed E-state index contributed by atoms with van der Waals surface area (Å²) in [5, 5.41) is 0. The lowest BCUT2D eigenvalue weighted by molar-refractivity contribution is 0.226. The van der Waals surface area contributed by atoms with Gasteiger partial charge in [-0.25, -0.2) is 4.39 Å². The Bertz CT molecular complexity index is 332. The molecule has 0 saturated carbocycles. The van der Waals surface area contributed by atoms with Gasteiger partial charge in [-0.05, 0) is 24.3 Å². The molecule has 0 aromatic heterocycles. The van der Waals surface area contributed by atoms with Crippen LogP contribution in [-0.2, 0) is 0 Å². The smallest absolute Gasteiger partial charge is 0.391 e. The third kappa shape index (κ3) is 2.96. The van der Waals surface area contributed by atoms with Crippen LogP contribution in [0.3, 0.4) is 0 Å². The number of carbonyl (C=O) groups excluding carboxylic acids is 1. The minimum absolute atomic E-state index is 0.351. The standard InChI is InChI=1S/C9H9FO2P/c1-13(2)9(11)12-8-5-3-7(10)4-6-8/h3-6H,1H2,2H3/q+1. The van der Waals surface area contributed by atoms with Crippen molar-refractivity contribution in [2.45, 2.75) is 0 Å². The van der Waals surface area contributed by atoms with Gasteiger partial charge in [0.25, 0.3) is 0 Å². The summed E-state index contributed by atoms with van der Waals surface area (Å²) in [6.07, 6.45) is 3.57. The molecule has 4 heteroatoms. The highest BCUT2D eigenvalue weighted by atomic mass is 31.1. The number of benzene rings is 1. The summed E-state index contributed by atoms with van der Waals surface area (Å²) < 4.78 is 17.3. The van der Waals surface area contributed by atoms with E-state index < -0.39 is 7.55 Å². The van der Waals surface area contributed by atoms with Crippen molar-refractivity contribution in [3.8, 4) is 5.75 Å². The second-order valence-corrected chi connectivity index (χ2v) is 4.28. The Balaban J connectivity index is 2.70. The first-order valence-corrected chi connectivity index (χ1v) is 5.58. The van der Waals surface area contributed by atoms with Gasteiger partial charge in [-0.1, -0.05) is 0 Å². The molecule has 1 unspecified atom stereocenters. The fourth-order valence-electron chi connectivity index (χ4n) is 0.681. The maximum Gasteiger partial charge on any atom is 0.515 e. The molecule has 1 rings (SSSR count). The molecule has 0 spiro atoms. The summed E-state index contributed by atoms with van der Waals surface area (Å²) in [7, 11) is -0.998. The summed E-state index contributed by atoms with van der Waals surface area (Å²) in [6, 6.07) is 5.30. The Morgan fingerprint density at radius 1 is 1.46 bits per heavy atom. The summed E-state index contributed by atoms with van der Waals surface area (Å²) in [5.41, 5.74) is -0.360. The van der Waals surface area contributed by atoms with Crippen molar-refractivity contribution in [3.63, 3.8) is 0 Å². The molecule has 2 nitrogen and oxygen atoms in total. The topological polar surface area (TPSA) is 26.3 Å². The number of rotatable bonds is 2. The first kappa shape index (κ1) is 9.87. The van der Waals surface area contributed by atoms with Gasteiger partial charge in [0, 0.05) is 0 Å².